The summed E-state index contributed by atoms with van der Waals surface area (Å²) in [6.07, 6.45) is 0. The summed E-state index contributed by atoms with van der Waals surface area (Å²) < 4.78 is 0. The first-order valence-corrected chi connectivity index (χ1v) is 5.17. The summed E-state index contributed by atoms with van der Waals surface area (Å²) in [7, 11) is 1.63. The highest BCUT2D eigenvalue weighted by atomic mass is 79.9. The van der Waals surface area contributed by atoms with Crippen molar-refractivity contribution in [2.45, 2.75) is 10.9 Å². The van der Waals surface area contributed by atoms with E-state index >= 15 is 0 Å². The zero-order valence-electron chi connectivity index (χ0n) is 7.77. The first kappa shape index (κ1) is 11.2. The average Bonchev–Trinajstić information content (AvgIpc) is 2.19. The Morgan fingerprint density at radius 1 is 1.43 bits per heavy atom. The van der Waals surface area contributed by atoms with E-state index in [9.17, 15) is 4.79 Å². The Morgan fingerprint density at radius 2 is 2.00 bits per heavy atom. The van der Waals surface area contributed by atoms with Crippen LogP contribution in [0.5, 0.6) is 0 Å². The van der Waals surface area contributed by atoms with E-state index in [2.05, 4.69) is 21.2 Å². The fourth-order valence-corrected chi connectivity index (χ4v) is 2.02. The van der Waals surface area contributed by atoms with Crippen LogP contribution in [0.1, 0.15) is 10.4 Å². The van der Waals surface area contributed by atoms with Crippen LogP contribution in [-0.4, -0.2) is 24.2 Å². The number of aliphatic carboxylic acids is 1. The largest absolute Gasteiger partial charge is 0.480 e. The molecule has 0 aliphatic heterocycles. The van der Waals surface area contributed by atoms with Crippen molar-refractivity contribution in [3.63, 3.8) is 0 Å². The summed E-state index contributed by atoms with van der Waals surface area (Å²) in [5, 5.41) is 11.7. The van der Waals surface area contributed by atoms with Crippen LogP contribution in [0.4, 0.5) is 0 Å². The van der Waals surface area contributed by atoms with Gasteiger partial charge >= 0.3 is 5.97 Å². The highest BCUT2D eigenvalue weighted by Gasteiger charge is 2.25. The van der Waals surface area contributed by atoms with Crippen molar-refractivity contribution in [2.75, 3.05) is 7.05 Å². The van der Waals surface area contributed by atoms with Gasteiger partial charge in [0.1, 0.15) is 6.04 Å². The molecule has 2 atom stereocenters. The molecule has 76 valence electrons. The Hall–Kier alpha value is -0.870. The fraction of sp³-hybridized carbons (Fsp3) is 0.300. The quantitative estimate of drug-likeness (QED) is 0.809. The molecule has 0 saturated heterocycles. The van der Waals surface area contributed by atoms with Gasteiger partial charge < -0.3 is 10.4 Å². The molecular formula is C10H12BrNO2. The number of halogens is 1. The van der Waals surface area contributed by atoms with Gasteiger partial charge in [-0.2, -0.15) is 0 Å². The van der Waals surface area contributed by atoms with Crippen molar-refractivity contribution < 1.29 is 9.90 Å². The number of hydrogen-bond donors (Lipinski definition) is 2. The summed E-state index contributed by atoms with van der Waals surface area (Å²) >= 11 is 3.37. The van der Waals surface area contributed by atoms with Crippen molar-refractivity contribution >= 4 is 21.9 Å². The zero-order chi connectivity index (χ0) is 10.6. The Bertz CT molecular complexity index is 302. The number of nitrogens with one attached hydrogen (secondary N) is 1. The number of carboxylic acid groups (broad SMARTS) is 1. The third kappa shape index (κ3) is 2.56. The first-order chi connectivity index (χ1) is 6.66. The Balaban J connectivity index is 2.83. The number of carbonyl (C=O) groups is 1. The number of alkyl halides is 1. The molecule has 0 aliphatic carbocycles. The fourth-order valence-electron chi connectivity index (χ4n) is 1.22. The number of likely N-dealkylation sites (N-methyl/N-ethyl adjacent to an activating group) is 1. The summed E-state index contributed by atoms with van der Waals surface area (Å²) in [5.41, 5.74) is 0.953. The van der Waals surface area contributed by atoms with Gasteiger partial charge in [-0.3, -0.25) is 4.79 Å². The lowest BCUT2D eigenvalue weighted by atomic mass is 10.1. The van der Waals surface area contributed by atoms with Crippen LogP contribution in [0.3, 0.4) is 0 Å². The molecule has 1 aromatic carbocycles. The summed E-state index contributed by atoms with van der Waals surface area (Å²) in [6.45, 7) is 0. The maximum absolute atomic E-state index is 10.9. The van der Waals surface area contributed by atoms with Crippen LogP contribution in [-0.2, 0) is 4.79 Å². The lowest BCUT2D eigenvalue weighted by molar-refractivity contribution is -0.139. The van der Waals surface area contributed by atoms with Gasteiger partial charge in [-0.1, -0.05) is 46.3 Å². The molecule has 0 aliphatic rings. The highest BCUT2D eigenvalue weighted by molar-refractivity contribution is 9.09. The van der Waals surface area contributed by atoms with Gasteiger partial charge in [-0.05, 0) is 12.6 Å². The second-order valence-corrected chi connectivity index (χ2v) is 3.90. The standard InChI is InChI=1S/C10H12BrNO2/c1-12-9(10(13)14)8(11)7-5-3-2-4-6-7/h2-6,8-9,12H,1H3,(H,13,14). The molecule has 3 nitrogen and oxygen atoms in total. The molecule has 14 heavy (non-hydrogen) atoms. The SMILES string of the molecule is CNC(C(=O)O)C(Br)c1ccccc1. The molecule has 1 aromatic rings. The molecule has 0 spiro atoms. The maximum Gasteiger partial charge on any atom is 0.322 e. The second-order valence-electron chi connectivity index (χ2n) is 2.92. The van der Waals surface area contributed by atoms with E-state index in [0.29, 0.717) is 0 Å². The van der Waals surface area contributed by atoms with Gasteiger partial charge in [0, 0.05) is 0 Å². The van der Waals surface area contributed by atoms with Crippen molar-refractivity contribution in [2.24, 2.45) is 0 Å². The number of carboxylic acids is 1. The predicted octanol–water partition coefficient (Wildman–Crippen LogP) is 1.80. The van der Waals surface area contributed by atoms with Gasteiger partial charge in [0.2, 0.25) is 0 Å². The molecule has 0 aromatic heterocycles. The molecule has 0 radical (unpaired) electrons. The molecule has 2 unspecified atom stereocenters. The van der Waals surface area contributed by atoms with Crippen LogP contribution in [0.15, 0.2) is 30.3 Å². The van der Waals surface area contributed by atoms with Gasteiger partial charge in [-0.25, -0.2) is 0 Å². The lowest BCUT2D eigenvalue weighted by Crippen LogP contribution is -2.37. The highest BCUT2D eigenvalue weighted by Crippen LogP contribution is 2.26. The smallest absolute Gasteiger partial charge is 0.322 e. The normalized spacial score (nSPS) is 14.7. The molecule has 4 heteroatoms. The van der Waals surface area contributed by atoms with Crippen molar-refractivity contribution in [1.82, 2.24) is 5.32 Å². The van der Waals surface area contributed by atoms with Gasteiger partial charge in [0.15, 0.2) is 0 Å². The third-order valence-corrected chi connectivity index (χ3v) is 3.05. The van der Waals surface area contributed by atoms with Crippen molar-refractivity contribution in [3.05, 3.63) is 35.9 Å². The summed E-state index contributed by atoms with van der Waals surface area (Å²) in [5.74, 6) is -0.863. The molecule has 0 saturated carbocycles. The molecule has 0 heterocycles. The van der Waals surface area contributed by atoms with E-state index in [0.717, 1.165) is 5.56 Å². The van der Waals surface area contributed by atoms with E-state index in [-0.39, 0.29) is 4.83 Å². The third-order valence-electron chi connectivity index (χ3n) is 1.99. The molecular weight excluding hydrogens is 246 g/mol. The lowest BCUT2D eigenvalue weighted by Gasteiger charge is -2.17. The van der Waals surface area contributed by atoms with E-state index in [1.54, 1.807) is 7.05 Å². The van der Waals surface area contributed by atoms with Crippen LogP contribution in [0.2, 0.25) is 0 Å². The van der Waals surface area contributed by atoms with E-state index < -0.39 is 12.0 Å². The zero-order valence-corrected chi connectivity index (χ0v) is 9.36. The average molecular weight is 258 g/mol. The monoisotopic (exact) mass is 257 g/mol. The van der Waals surface area contributed by atoms with E-state index in [1.165, 1.54) is 0 Å². The predicted molar refractivity (Wildman–Crippen MR) is 58.6 cm³/mol. The minimum absolute atomic E-state index is 0.216. The summed E-state index contributed by atoms with van der Waals surface area (Å²) in [6, 6.07) is 8.85. The molecule has 0 fully saturated rings. The summed E-state index contributed by atoms with van der Waals surface area (Å²) in [4.78, 5) is 10.6. The Morgan fingerprint density at radius 3 is 2.43 bits per heavy atom. The van der Waals surface area contributed by atoms with E-state index in [1.807, 2.05) is 30.3 Å². The maximum atomic E-state index is 10.9. The Labute approximate surface area is 91.3 Å². The molecule has 1 rings (SSSR count). The van der Waals surface area contributed by atoms with Crippen LogP contribution in [0.25, 0.3) is 0 Å². The van der Waals surface area contributed by atoms with Gasteiger partial charge in [0.25, 0.3) is 0 Å². The van der Waals surface area contributed by atoms with Gasteiger partial charge in [-0.15, -0.1) is 0 Å². The minimum Gasteiger partial charge on any atom is -0.480 e. The Kier molecular flexibility index (Phi) is 4.10. The first-order valence-electron chi connectivity index (χ1n) is 4.26. The van der Waals surface area contributed by atoms with Gasteiger partial charge in [0.05, 0.1) is 4.83 Å². The van der Waals surface area contributed by atoms with Crippen molar-refractivity contribution in [3.8, 4) is 0 Å². The molecule has 0 bridgehead atoms. The number of hydrogen-bond acceptors (Lipinski definition) is 2. The topological polar surface area (TPSA) is 49.3 Å². The van der Waals surface area contributed by atoms with E-state index in [4.69, 9.17) is 5.11 Å². The van der Waals surface area contributed by atoms with Crippen LogP contribution in [0, 0.1) is 0 Å². The second kappa shape index (κ2) is 5.12. The molecule has 2 N–H and O–H groups in total. The molecule has 0 amide bonds. The van der Waals surface area contributed by atoms with Crippen LogP contribution >= 0.6 is 15.9 Å². The minimum atomic E-state index is -0.863. The number of rotatable bonds is 4. The van der Waals surface area contributed by atoms with Crippen molar-refractivity contribution in [1.29, 1.82) is 0 Å². The number of benzene rings is 1. The van der Waals surface area contributed by atoms with Crippen LogP contribution < -0.4 is 5.32 Å².